The summed E-state index contributed by atoms with van der Waals surface area (Å²) in [4.78, 5) is 34.0. The molecule has 1 N–H and O–H groups in total. The number of aryl methyl sites for hydroxylation is 1. The maximum atomic E-state index is 13.1. The maximum absolute atomic E-state index is 13.1. The molecule has 0 atom stereocenters. The van der Waals surface area contributed by atoms with Gasteiger partial charge in [0.2, 0.25) is 0 Å². The number of halogens is 1. The monoisotopic (exact) mass is 543 g/mol. The Hall–Kier alpha value is -2.52. The number of aliphatic imine (C=N–C) groups is 1. The number of carbonyl (C=O) groups excluding carboxylic acids is 2. The predicted molar refractivity (Wildman–Crippen MR) is 138 cm³/mol. The highest BCUT2D eigenvalue weighted by molar-refractivity contribution is 9.10. The van der Waals surface area contributed by atoms with E-state index in [1.165, 1.54) is 0 Å². The van der Waals surface area contributed by atoms with E-state index in [0.29, 0.717) is 36.0 Å². The van der Waals surface area contributed by atoms with Gasteiger partial charge in [-0.1, -0.05) is 28.1 Å². The van der Waals surface area contributed by atoms with Crippen LogP contribution >= 0.6 is 15.9 Å². The quantitative estimate of drug-likeness (QED) is 0.339. The molecule has 0 aliphatic carbocycles. The fourth-order valence-corrected chi connectivity index (χ4v) is 5.77. The Morgan fingerprint density at radius 3 is 2.34 bits per heavy atom. The molecule has 1 aromatic carbocycles. The largest absolute Gasteiger partial charge is 0.411 e. The highest BCUT2D eigenvalue weighted by Crippen LogP contribution is 2.34. The van der Waals surface area contributed by atoms with Gasteiger partial charge < -0.3 is 14.9 Å². The van der Waals surface area contributed by atoms with Crippen LogP contribution in [0.2, 0.25) is 0 Å². The molecule has 8 nitrogen and oxygen atoms in total. The molecule has 0 spiro atoms. The fraction of sp³-hybridized carbons (Fsp3) is 0.538. The molecular formula is C26H34BrN5O3. The molecule has 1 aromatic heterocycles. The normalized spacial score (nSPS) is 19.7. The van der Waals surface area contributed by atoms with E-state index in [4.69, 9.17) is 0 Å². The lowest BCUT2D eigenvalue weighted by molar-refractivity contribution is -0.106. The van der Waals surface area contributed by atoms with Gasteiger partial charge in [-0.2, -0.15) is 0 Å². The fourth-order valence-electron chi connectivity index (χ4n) is 5.51. The first kappa shape index (κ1) is 25.6. The third kappa shape index (κ3) is 5.35. The van der Waals surface area contributed by atoms with E-state index in [2.05, 4.69) is 50.0 Å². The second kappa shape index (κ2) is 10.6. The van der Waals surface area contributed by atoms with E-state index in [1.807, 2.05) is 17.0 Å². The number of aromatic nitrogens is 2. The van der Waals surface area contributed by atoms with Crippen LogP contribution in [0.25, 0.3) is 0 Å². The Balaban J connectivity index is 1.38. The average molecular weight is 544 g/mol. The van der Waals surface area contributed by atoms with Crippen LogP contribution in [-0.2, 0) is 4.79 Å². The first-order chi connectivity index (χ1) is 16.7. The van der Waals surface area contributed by atoms with Crippen LogP contribution in [0.4, 0.5) is 0 Å². The third-order valence-electron chi connectivity index (χ3n) is 7.73. The zero-order chi connectivity index (χ0) is 25.2. The zero-order valence-electron chi connectivity index (χ0n) is 20.7. The maximum Gasteiger partial charge on any atom is 0.257 e. The zero-order valence-corrected chi connectivity index (χ0v) is 22.3. The lowest BCUT2D eigenvalue weighted by atomic mass is 9.82. The van der Waals surface area contributed by atoms with Gasteiger partial charge in [-0.05, 0) is 77.2 Å². The van der Waals surface area contributed by atoms with Gasteiger partial charge in [-0.15, -0.1) is 9.94 Å². The number of carbonyl (C=O) groups is 2. The number of benzene rings is 1. The summed E-state index contributed by atoms with van der Waals surface area (Å²) in [6.45, 7) is 9.31. The van der Waals surface area contributed by atoms with Crippen LogP contribution in [0.5, 0.6) is 0 Å². The van der Waals surface area contributed by atoms with Crippen LogP contribution in [0.1, 0.15) is 59.9 Å². The molecule has 2 aromatic rings. The van der Waals surface area contributed by atoms with Crippen molar-refractivity contribution in [3.05, 3.63) is 51.3 Å². The molecule has 35 heavy (non-hydrogen) atoms. The smallest absolute Gasteiger partial charge is 0.257 e. The van der Waals surface area contributed by atoms with Crippen molar-refractivity contribution >= 4 is 33.8 Å². The van der Waals surface area contributed by atoms with Crippen molar-refractivity contribution in [2.75, 3.05) is 32.7 Å². The van der Waals surface area contributed by atoms with E-state index in [0.717, 1.165) is 65.7 Å². The Morgan fingerprint density at radius 2 is 1.80 bits per heavy atom. The van der Waals surface area contributed by atoms with Gasteiger partial charge >= 0.3 is 0 Å². The van der Waals surface area contributed by atoms with Crippen LogP contribution in [0, 0.1) is 19.8 Å². The first-order valence-corrected chi connectivity index (χ1v) is 13.1. The number of aldehydes is 1. The SMILES string of the molecule is Cc1nn(O)c(C)c1C(=O)N1CCC(C)(N2CCC(/C(=N/CC=O)c3ccc(Br)cc3)CC2)CC1. The molecule has 1 amide bonds. The molecule has 4 rings (SSSR count). The van der Waals surface area contributed by atoms with Crippen LogP contribution in [-0.4, -0.2) is 81.1 Å². The molecule has 0 radical (unpaired) electrons. The summed E-state index contributed by atoms with van der Waals surface area (Å²) in [6, 6.07) is 8.17. The number of likely N-dealkylation sites (tertiary alicyclic amines) is 2. The Bertz CT molecular complexity index is 1090. The molecule has 0 saturated carbocycles. The molecule has 0 unspecified atom stereocenters. The van der Waals surface area contributed by atoms with E-state index in [-0.39, 0.29) is 18.0 Å². The number of hydrogen-bond acceptors (Lipinski definition) is 6. The second-order valence-electron chi connectivity index (χ2n) is 9.89. The van der Waals surface area contributed by atoms with E-state index >= 15 is 0 Å². The number of rotatable bonds is 6. The van der Waals surface area contributed by atoms with Crippen LogP contribution in [0.15, 0.2) is 33.7 Å². The summed E-state index contributed by atoms with van der Waals surface area (Å²) < 4.78 is 1.03. The lowest BCUT2D eigenvalue weighted by Crippen LogP contribution is -2.56. The van der Waals surface area contributed by atoms with E-state index in [1.54, 1.807) is 13.8 Å². The summed E-state index contributed by atoms with van der Waals surface area (Å²) in [5, 5.41) is 13.8. The minimum Gasteiger partial charge on any atom is -0.411 e. The number of amides is 1. The topological polar surface area (TPSA) is 91.0 Å². The molecule has 0 bridgehead atoms. The van der Waals surface area contributed by atoms with Gasteiger partial charge in [0.1, 0.15) is 6.29 Å². The van der Waals surface area contributed by atoms with Gasteiger partial charge in [0, 0.05) is 34.7 Å². The van der Waals surface area contributed by atoms with Crippen molar-refractivity contribution in [1.29, 1.82) is 0 Å². The summed E-state index contributed by atoms with van der Waals surface area (Å²) in [7, 11) is 0. The lowest BCUT2D eigenvalue weighted by Gasteiger charge is -2.49. The Kier molecular flexibility index (Phi) is 7.76. The molecule has 9 heteroatoms. The van der Waals surface area contributed by atoms with Crippen molar-refractivity contribution in [3.63, 3.8) is 0 Å². The molecule has 2 saturated heterocycles. The standard InChI is InChI=1S/C26H34BrN5O3/c1-18-23(19(2)32(35)29-18)25(34)30-15-10-26(3,11-16-30)31-13-8-21(9-14-31)24(28-12-17-33)20-4-6-22(27)7-5-20/h4-7,17,21,35H,8-16H2,1-3H3/b28-24+. The van der Waals surface area contributed by atoms with Crippen molar-refractivity contribution in [3.8, 4) is 0 Å². The van der Waals surface area contributed by atoms with Gasteiger partial charge in [-0.3, -0.25) is 14.7 Å². The number of hydrogen-bond donors (Lipinski definition) is 1. The number of piperidine rings is 2. The average Bonchev–Trinajstić information content (AvgIpc) is 3.11. The Labute approximate surface area is 215 Å². The molecule has 3 heterocycles. The van der Waals surface area contributed by atoms with Crippen LogP contribution in [0.3, 0.4) is 0 Å². The molecule has 2 fully saturated rings. The summed E-state index contributed by atoms with van der Waals surface area (Å²) in [5.41, 5.74) is 3.72. The van der Waals surface area contributed by atoms with Crippen molar-refractivity contribution < 1.29 is 14.8 Å². The molecular weight excluding hydrogens is 510 g/mol. The number of nitrogens with zero attached hydrogens (tertiary/aromatic N) is 5. The van der Waals surface area contributed by atoms with E-state index in [9.17, 15) is 14.8 Å². The summed E-state index contributed by atoms with van der Waals surface area (Å²) in [5.74, 6) is 0.283. The summed E-state index contributed by atoms with van der Waals surface area (Å²) >= 11 is 3.49. The molecule has 188 valence electrons. The predicted octanol–water partition coefficient (Wildman–Crippen LogP) is 3.89. The van der Waals surface area contributed by atoms with Gasteiger partial charge in [-0.25, -0.2) is 0 Å². The third-order valence-corrected chi connectivity index (χ3v) is 8.26. The van der Waals surface area contributed by atoms with E-state index < -0.39 is 0 Å². The highest BCUT2D eigenvalue weighted by atomic mass is 79.9. The van der Waals surface area contributed by atoms with Crippen LogP contribution < -0.4 is 0 Å². The molecule has 2 aliphatic heterocycles. The van der Waals surface area contributed by atoms with Crippen molar-refractivity contribution in [2.24, 2.45) is 10.9 Å². The first-order valence-electron chi connectivity index (χ1n) is 12.3. The van der Waals surface area contributed by atoms with Gasteiger partial charge in [0.15, 0.2) is 0 Å². The van der Waals surface area contributed by atoms with Gasteiger partial charge in [0.05, 0.1) is 23.5 Å². The van der Waals surface area contributed by atoms with Crippen molar-refractivity contribution in [1.82, 2.24) is 19.7 Å². The second-order valence-corrected chi connectivity index (χ2v) is 10.8. The van der Waals surface area contributed by atoms with Gasteiger partial charge in [0.25, 0.3) is 5.91 Å². The Morgan fingerprint density at radius 1 is 1.17 bits per heavy atom. The van der Waals surface area contributed by atoms with Crippen molar-refractivity contribution in [2.45, 2.75) is 52.0 Å². The summed E-state index contributed by atoms with van der Waals surface area (Å²) in [6.07, 6.45) is 4.68. The minimum absolute atomic E-state index is 0.0463. The molecule has 2 aliphatic rings. The minimum atomic E-state index is -0.0495. The highest BCUT2D eigenvalue weighted by Gasteiger charge is 2.39.